The van der Waals surface area contributed by atoms with Crippen LogP contribution in [-0.4, -0.2) is 31.5 Å². The van der Waals surface area contributed by atoms with E-state index in [0.29, 0.717) is 5.11 Å². The zero-order valence-electron chi connectivity index (χ0n) is 11.7. The summed E-state index contributed by atoms with van der Waals surface area (Å²) in [5.74, 6) is 0.861. The smallest absolute Gasteiger partial charge is 0.170 e. The first kappa shape index (κ1) is 15.7. The van der Waals surface area contributed by atoms with Crippen LogP contribution in [0.5, 0.6) is 5.75 Å². The Morgan fingerprint density at radius 1 is 1.26 bits per heavy atom. The van der Waals surface area contributed by atoms with E-state index in [0.717, 1.165) is 31.0 Å². The fraction of sp³-hybridized carbons (Fsp3) is 0.500. The Morgan fingerprint density at radius 3 is 2.53 bits per heavy atom. The first-order chi connectivity index (χ1) is 9.11. The topological polar surface area (TPSA) is 42.5 Å². The molecule has 0 radical (unpaired) electrons. The second-order valence-electron chi connectivity index (χ2n) is 4.42. The zero-order valence-corrected chi connectivity index (χ0v) is 12.5. The van der Waals surface area contributed by atoms with Gasteiger partial charge < -0.3 is 20.1 Å². The highest BCUT2D eigenvalue weighted by molar-refractivity contribution is 7.80. The van der Waals surface area contributed by atoms with Gasteiger partial charge >= 0.3 is 0 Å². The lowest BCUT2D eigenvalue weighted by atomic mass is 10.3. The monoisotopic (exact) mass is 282 g/mol. The summed E-state index contributed by atoms with van der Waals surface area (Å²) in [6.07, 6.45) is 1.11. The molecule has 5 heteroatoms. The molecule has 0 aromatic heterocycles. The molecule has 19 heavy (non-hydrogen) atoms. The van der Waals surface area contributed by atoms with E-state index in [1.165, 1.54) is 0 Å². The third-order valence-corrected chi connectivity index (χ3v) is 2.54. The normalized spacial score (nSPS) is 10.3. The second kappa shape index (κ2) is 8.72. The van der Waals surface area contributed by atoms with E-state index < -0.39 is 0 Å². The highest BCUT2D eigenvalue weighted by Crippen LogP contribution is 2.16. The number of hydrogen-bond donors (Lipinski definition) is 2. The van der Waals surface area contributed by atoms with E-state index in [9.17, 15) is 0 Å². The van der Waals surface area contributed by atoms with E-state index >= 15 is 0 Å². The van der Waals surface area contributed by atoms with E-state index in [1.807, 2.05) is 38.1 Å². The average molecular weight is 282 g/mol. The molecule has 0 unspecified atom stereocenters. The van der Waals surface area contributed by atoms with E-state index in [1.54, 1.807) is 7.11 Å². The van der Waals surface area contributed by atoms with Gasteiger partial charge in [0.15, 0.2) is 5.11 Å². The molecule has 0 amide bonds. The van der Waals surface area contributed by atoms with Crippen molar-refractivity contribution in [2.24, 2.45) is 0 Å². The Labute approximate surface area is 120 Å². The highest BCUT2D eigenvalue weighted by Gasteiger charge is 2.00. The van der Waals surface area contributed by atoms with Gasteiger partial charge in [0.25, 0.3) is 0 Å². The van der Waals surface area contributed by atoms with E-state index in [-0.39, 0.29) is 6.10 Å². The summed E-state index contributed by atoms with van der Waals surface area (Å²) in [7, 11) is 1.69. The molecule has 1 rings (SSSR count). The van der Waals surface area contributed by atoms with Crippen LogP contribution in [0.4, 0.5) is 5.69 Å². The average Bonchev–Trinajstić information content (AvgIpc) is 2.36. The van der Waals surface area contributed by atoms with Crippen molar-refractivity contribution in [3.05, 3.63) is 24.3 Å². The largest absolute Gasteiger partial charge is 0.491 e. The minimum atomic E-state index is 0.183. The molecule has 0 atom stereocenters. The molecule has 2 N–H and O–H groups in total. The molecule has 0 saturated heterocycles. The molecule has 0 saturated carbocycles. The maximum atomic E-state index is 5.58. The number of hydrogen-bond acceptors (Lipinski definition) is 3. The Kier molecular flexibility index (Phi) is 7.22. The van der Waals surface area contributed by atoms with Gasteiger partial charge in [-0.25, -0.2) is 0 Å². The number of ether oxygens (including phenoxy) is 2. The van der Waals surface area contributed by atoms with Crippen LogP contribution in [-0.2, 0) is 4.74 Å². The molecule has 0 bridgehead atoms. The Hall–Kier alpha value is -1.33. The van der Waals surface area contributed by atoms with Crippen molar-refractivity contribution in [2.45, 2.75) is 26.4 Å². The first-order valence-corrected chi connectivity index (χ1v) is 6.83. The number of methoxy groups -OCH3 is 1. The number of nitrogens with one attached hydrogen (secondary N) is 2. The summed E-state index contributed by atoms with van der Waals surface area (Å²) in [6, 6.07) is 7.74. The van der Waals surface area contributed by atoms with Gasteiger partial charge in [0.1, 0.15) is 5.75 Å². The molecule has 1 aromatic rings. The van der Waals surface area contributed by atoms with Crippen LogP contribution in [0, 0.1) is 0 Å². The van der Waals surface area contributed by atoms with Gasteiger partial charge in [-0.3, -0.25) is 0 Å². The SMILES string of the molecule is COCCCNC(=S)Nc1ccc(OC(C)C)cc1. The van der Waals surface area contributed by atoms with Crippen molar-refractivity contribution < 1.29 is 9.47 Å². The van der Waals surface area contributed by atoms with Crippen molar-refractivity contribution in [1.82, 2.24) is 5.32 Å². The lowest BCUT2D eigenvalue weighted by Crippen LogP contribution is -2.29. The molecule has 4 nitrogen and oxygen atoms in total. The molecule has 0 aliphatic heterocycles. The minimum absolute atomic E-state index is 0.183. The van der Waals surface area contributed by atoms with Crippen molar-refractivity contribution in [3.63, 3.8) is 0 Å². The van der Waals surface area contributed by atoms with Gasteiger partial charge in [0.05, 0.1) is 6.10 Å². The summed E-state index contributed by atoms with van der Waals surface area (Å²) in [5.41, 5.74) is 0.945. The van der Waals surface area contributed by atoms with Crippen molar-refractivity contribution in [2.75, 3.05) is 25.6 Å². The van der Waals surface area contributed by atoms with Gasteiger partial charge in [-0.1, -0.05) is 0 Å². The summed E-state index contributed by atoms with van der Waals surface area (Å²) in [5, 5.41) is 6.86. The fourth-order valence-corrected chi connectivity index (χ4v) is 1.70. The second-order valence-corrected chi connectivity index (χ2v) is 4.83. The zero-order chi connectivity index (χ0) is 14.1. The van der Waals surface area contributed by atoms with Crippen molar-refractivity contribution in [1.29, 1.82) is 0 Å². The Morgan fingerprint density at radius 2 is 1.95 bits per heavy atom. The van der Waals surface area contributed by atoms with Crippen LogP contribution in [0.1, 0.15) is 20.3 Å². The molecule has 0 spiro atoms. The molecular weight excluding hydrogens is 260 g/mol. The van der Waals surface area contributed by atoms with Crippen LogP contribution >= 0.6 is 12.2 Å². The van der Waals surface area contributed by atoms with E-state index in [2.05, 4.69) is 10.6 Å². The molecule has 0 aliphatic carbocycles. The number of anilines is 1. The molecule has 1 aromatic carbocycles. The highest BCUT2D eigenvalue weighted by atomic mass is 32.1. The standard InChI is InChI=1S/C14H22N2O2S/c1-11(2)18-13-7-5-12(6-8-13)16-14(19)15-9-4-10-17-3/h5-8,11H,4,9-10H2,1-3H3,(H2,15,16,19). The molecule has 0 fully saturated rings. The van der Waals surface area contributed by atoms with Gasteiger partial charge in [-0.05, 0) is 56.8 Å². The summed E-state index contributed by atoms with van der Waals surface area (Å²) in [6.45, 7) is 5.54. The summed E-state index contributed by atoms with van der Waals surface area (Å²) in [4.78, 5) is 0. The number of rotatable bonds is 7. The minimum Gasteiger partial charge on any atom is -0.491 e. The number of thiocarbonyl (C=S) groups is 1. The van der Waals surface area contributed by atoms with Crippen molar-refractivity contribution in [3.8, 4) is 5.75 Å². The van der Waals surface area contributed by atoms with Gasteiger partial charge in [-0.15, -0.1) is 0 Å². The third-order valence-electron chi connectivity index (χ3n) is 2.29. The van der Waals surface area contributed by atoms with Gasteiger partial charge in [0, 0.05) is 25.9 Å². The van der Waals surface area contributed by atoms with Crippen LogP contribution in [0.3, 0.4) is 0 Å². The predicted octanol–water partition coefficient (Wildman–Crippen LogP) is 2.80. The Bertz CT molecular complexity index is 380. The number of benzene rings is 1. The quantitative estimate of drug-likeness (QED) is 0.594. The van der Waals surface area contributed by atoms with Gasteiger partial charge in [0.2, 0.25) is 0 Å². The van der Waals surface area contributed by atoms with E-state index in [4.69, 9.17) is 21.7 Å². The molecular formula is C14H22N2O2S. The van der Waals surface area contributed by atoms with Gasteiger partial charge in [-0.2, -0.15) is 0 Å². The lowest BCUT2D eigenvalue weighted by molar-refractivity contribution is 0.196. The molecule has 0 aliphatic rings. The Balaban J connectivity index is 2.34. The van der Waals surface area contributed by atoms with Crippen LogP contribution < -0.4 is 15.4 Å². The maximum absolute atomic E-state index is 5.58. The fourth-order valence-electron chi connectivity index (χ4n) is 1.48. The van der Waals surface area contributed by atoms with Crippen molar-refractivity contribution >= 4 is 23.0 Å². The third kappa shape index (κ3) is 6.98. The predicted molar refractivity (Wildman–Crippen MR) is 82.9 cm³/mol. The van der Waals surface area contributed by atoms with Crippen LogP contribution in [0.25, 0.3) is 0 Å². The first-order valence-electron chi connectivity index (χ1n) is 6.42. The molecule has 0 heterocycles. The summed E-state index contributed by atoms with van der Waals surface area (Å²) >= 11 is 5.19. The van der Waals surface area contributed by atoms with Crippen LogP contribution in [0.15, 0.2) is 24.3 Å². The summed E-state index contributed by atoms with van der Waals surface area (Å²) < 4.78 is 10.5. The lowest BCUT2D eigenvalue weighted by Gasteiger charge is -2.12. The maximum Gasteiger partial charge on any atom is 0.170 e. The molecule has 106 valence electrons. The van der Waals surface area contributed by atoms with Crippen LogP contribution in [0.2, 0.25) is 0 Å².